The first-order valence-electron chi connectivity index (χ1n) is 4.53. The number of pyridine rings is 1. The van der Waals surface area contributed by atoms with Crippen LogP contribution in [0.3, 0.4) is 0 Å². The van der Waals surface area contributed by atoms with E-state index in [0.29, 0.717) is 5.56 Å². The summed E-state index contributed by atoms with van der Waals surface area (Å²) in [6, 6.07) is 10.2. The van der Waals surface area contributed by atoms with Gasteiger partial charge >= 0.3 is 0 Å². The van der Waals surface area contributed by atoms with Gasteiger partial charge in [0, 0.05) is 5.56 Å². The maximum Gasteiger partial charge on any atom is 0.180 e. The van der Waals surface area contributed by atoms with Crippen molar-refractivity contribution in [3.63, 3.8) is 0 Å². The lowest BCUT2D eigenvalue weighted by atomic mass is 10.1. The molecule has 1 heterocycles. The molecule has 0 aliphatic carbocycles. The van der Waals surface area contributed by atoms with Crippen LogP contribution in [-0.2, 0) is 0 Å². The number of hydrogen-bond donors (Lipinski definition) is 0. The van der Waals surface area contributed by atoms with Crippen LogP contribution in [0, 0.1) is 23.0 Å². The van der Waals surface area contributed by atoms with E-state index in [4.69, 9.17) is 5.26 Å². The second-order valence-electron chi connectivity index (χ2n) is 3.12. The average molecular weight is 216 g/mol. The number of nitriles is 1. The highest BCUT2D eigenvalue weighted by molar-refractivity contribution is 5.66. The monoisotopic (exact) mass is 216 g/mol. The topological polar surface area (TPSA) is 36.7 Å². The fraction of sp³-hybridized carbons (Fsp3) is 0. The molecule has 78 valence electrons. The highest BCUT2D eigenvalue weighted by atomic mass is 19.2. The molecule has 0 aliphatic heterocycles. The number of nitrogens with zero attached hydrogens (tertiary/aromatic N) is 2. The van der Waals surface area contributed by atoms with Crippen LogP contribution in [0.4, 0.5) is 8.78 Å². The van der Waals surface area contributed by atoms with E-state index in [1.807, 2.05) is 0 Å². The predicted molar refractivity (Wildman–Crippen MR) is 54.3 cm³/mol. The molecule has 16 heavy (non-hydrogen) atoms. The molecule has 4 heteroatoms. The zero-order valence-electron chi connectivity index (χ0n) is 8.11. The molecular formula is C12H6F2N2. The summed E-state index contributed by atoms with van der Waals surface area (Å²) in [5.41, 5.74) is 0.367. The van der Waals surface area contributed by atoms with Crippen molar-refractivity contribution in [1.29, 1.82) is 5.26 Å². The molecule has 0 aliphatic rings. The summed E-state index contributed by atoms with van der Waals surface area (Å²) in [7, 11) is 0. The molecule has 2 aromatic rings. The maximum absolute atomic E-state index is 13.3. The molecule has 0 bridgehead atoms. The lowest BCUT2D eigenvalue weighted by Crippen LogP contribution is -1.97. The van der Waals surface area contributed by atoms with Gasteiger partial charge in [-0.15, -0.1) is 0 Å². The van der Waals surface area contributed by atoms with Crippen LogP contribution < -0.4 is 0 Å². The predicted octanol–water partition coefficient (Wildman–Crippen LogP) is 2.90. The number of halogens is 2. The summed E-state index contributed by atoms with van der Waals surface area (Å²) in [6.45, 7) is 0. The Kier molecular flexibility index (Phi) is 2.61. The molecule has 0 atom stereocenters. The van der Waals surface area contributed by atoms with Crippen LogP contribution in [0.5, 0.6) is 0 Å². The average Bonchev–Trinajstić information content (AvgIpc) is 2.33. The smallest absolute Gasteiger partial charge is 0.180 e. The van der Waals surface area contributed by atoms with Gasteiger partial charge in [0.25, 0.3) is 0 Å². The van der Waals surface area contributed by atoms with E-state index in [-0.39, 0.29) is 11.3 Å². The maximum atomic E-state index is 13.3. The molecule has 0 saturated heterocycles. The van der Waals surface area contributed by atoms with E-state index in [9.17, 15) is 8.78 Å². The van der Waals surface area contributed by atoms with Gasteiger partial charge in [0.1, 0.15) is 11.6 Å². The largest absolute Gasteiger partial charge is 0.252 e. The first-order chi connectivity index (χ1) is 7.74. The molecule has 0 radical (unpaired) electrons. The molecular weight excluding hydrogens is 210 g/mol. The number of aromatic nitrogens is 1. The Hall–Kier alpha value is -2.28. The van der Waals surface area contributed by atoms with Crippen molar-refractivity contribution in [2.24, 2.45) is 0 Å². The van der Waals surface area contributed by atoms with E-state index >= 15 is 0 Å². The van der Waals surface area contributed by atoms with Crippen molar-refractivity contribution in [1.82, 2.24) is 4.98 Å². The fourth-order valence-corrected chi connectivity index (χ4v) is 1.38. The quantitative estimate of drug-likeness (QED) is 0.734. The van der Waals surface area contributed by atoms with E-state index < -0.39 is 11.6 Å². The van der Waals surface area contributed by atoms with Crippen molar-refractivity contribution >= 4 is 0 Å². The van der Waals surface area contributed by atoms with E-state index in [0.717, 1.165) is 6.20 Å². The summed E-state index contributed by atoms with van der Waals surface area (Å²) < 4.78 is 26.2. The van der Waals surface area contributed by atoms with E-state index in [1.165, 1.54) is 0 Å². The van der Waals surface area contributed by atoms with Gasteiger partial charge in [-0.2, -0.15) is 5.26 Å². The van der Waals surface area contributed by atoms with E-state index in [1.54, 1.807) is 36.4 Å². The van der Waals surface area contributed by atoms with Gasteiger partial charge in [0.2, 0.25) is 0 Å². The van der Waals surface area contributed by atoms with Crippen molar-refractivity contribution in [2.45, 2.75) is 0 Å². The molecule has 0 amide bonds. The van der Waals surface area contributed by atoms with E-state index in [2.05, 4.69) is 4.98 Å². The van der Waals surface area contributed by atoms with Crippen molar-refractivity contribution in [3.8, 4) is 17.3 Å². The third kappa shape index (κ3) is 1.63. The Morgan fingerprint density at radius 2 is 1.81 bits per heavy atom. The Balaban J connectivity index is 2.68. The molecule has 2 nitrogen and oxygen atoms in total. The minimum Gasteiger partial charge on any atom is -0.252 e. The van der Waals surface area contributed by atoms with Crippen molar-refractivity contribution in [3.05, 3.63) is 53.7 Å². The molecule has 0 unspecified atom stereocenters. The molecule has 1 aromatic carbocycles. The summed E-state index contributed by atoms with van der Waals surface area (Å²) in [5, 5.41) is 8.79. The highest BCUT2D eigenvalue weighted by Crippen LogP contribution is 2.23. The fourth-order valence-electron chi connectivity index (χ4n) is 1.38. The number of hydrogen-bond acceptors (Lipinski definition) is 2. The Morgan fingerprint density at radius 1 is 1.12 bits per heavy atom. The first kappa shape index (κ1) is 10.2. The normalized spacial score (nSPS) is 9.81. The summed E-state index contributed by atoms with van der Waals surface area (Å²) in [5.74, 6) is -2.27. The number of benzene rings is 1. The highest BCUT2D eigenvalue weighted by Gasteiger charge is 2.15. The van der Waals surface area contributed by atoms with Crippen LogP contribution in [-0.4, -0.2) is 4.98 Å². The summed E-state index contributed by atoms with van der Waals surface area (Å²) in [6.07, 6.45) is 0.776. The summed E-state index contributed by atoms with van der Waals surface area (Å²) >= 11 is 0. The molecule has 1 aromatic heterocycles. The molecule has 0 N–H and O–H groups in total. The molecule has 0 saturated carbocycles. The summed E-state index contributed by atoms with van der Waals surface area (Å²) in [4.78, 5) is 3.74. The second kappa shape index (κ2) is 4.07. The minimum atomic E-state index is -1.16. The van der Waals surface area contributed by atoms with Crippen LogP contribution in [0.1, 0.15) is 5.56 Å². The van der Waals surface area contributed by atoms with Gasteiger partial charge < -0.3 is 0 Å². The van der Waals surface area contributed by atoms with Crippen molar-refractivity contribution in [2.75, 3.05) is 0 Å². The first-order valence-corrected chi connectivity index (χ1v) is 4.53. The molecule has 0 fully saturated rings. The lowest BCUT2D eigenvalue weighted by Gasteiger charge is -2.03. The third-order valence-corrected chi connectivity index (χ3v) is 2.13. The standard InChI is InChI=1S/C12H6F2N2/c13-10-7-16-12(9(6-15)11(10)14)8-4-2-1-3-5-8/h1-5,7H. The van der Waals surface area contributed by atoms with Gasteiger partial charge in [-0.3, -0.25) is 4.98 Å². The minimum absolute atomic E-state index is 0.155. The second-order valence-corrected chi connectivity index (χ2v) is 3.12. The zero-order valence-corrected chi connectivity index (χ0v) is 8.11. The molecule has 0 spiro atoms. The van der Waals surface area contributed by atoms with Gasteiger partial charge in [0.05, 0.1) is 11.9 Å². The van der Waals surface area contributed by atoms with Crippen LogP contribution in [0.2, 0.25) is 0 Å². The molecule has 2 rings (SSSR count). The Morgan fingerprint density at radius 3 is 2.44 bits per heavy atom. The third-order valence-electron chi connectivity index (χ3n) is 2.13. The Bertz CT molecular complexity index is 559. The van der Waals surface area contributed by atoms with Crippen LogP contribution in [0.25, 0.3) is 11.3 Å². The van der Waals surface area contributed by atoms with Gasteiger partial charge in [0.15, 0.2) is 11.6 Å². The van der Waals surface area contributed by atoms with Crippen molar-refractivity contribution < 1.29 is 8.78 Å². The number of rotatable bonds is 1. The van der Waals surface area contributed by atoms with Crippen LogP contribution >= 0.6 is 0 Å². The zero-order chi connectivity index (χ0) is 11.5. The van der Waals surface area contributed by atoms with Crippen LogP contribution in [0.15, 0.2) is 36.5 Å². The Labute approximate surface area is 90.8 Å². The SMILES string of the molecule is N#Cc1c(-c2ccccc2)ncc(F)c1F. The van der Waals surface area contributed by atoms with Gasteiger partial charge in [-0.25, -0.2) is 8.78 Å². The van der Waals surface area contributed by atoms with Gasteiger partial charge in [-0.05, 0) is 0 Å². The van der Waals surface area contributed by atoms with Gasteiger partial charge in [-0.1, -0.05) is 30.3 Å². The lowest BCUT2D eigenvalue weighted by molar-refractivity contribution is 0.502.